The fourth-order valence-corrected chi connectivity index (χ4v) is 1.86. The van der Waals surface area contributed by atoms with Crippen molar-refractivity contribution in [2.45, 2.75) is 32.1 Å². The van der Waals surface area contributed by atoms with Crippen LogP contribution in [0.2, 0.25) is 0 Å². The summed E-state index contributed by atoms with van der Waals surface area (Å²) in [7, 11) is -1.25. The molecule has 0 aliphatic heterocycles. The Morgan fingerprint density at radius 2 is 1.90 bits per heavy atom. The Morgan fingerprint density at radius 1 is 1.35 bits per heavy atom. The number of halogens is 3. The summed E-state index contributed by atoms with van der Waals surface area (Å²) in [4.78, 5) is 0. The molecule has 0 saturated heterocycles. The Kier molecular flexibility index (Phi) is 8.11. The van der Waals surface area contributed by atoms with Crippen LogP contribution < -0.4 is 4.72 Å². The molecule has 112 valence electrons. The fourth-order valence-electron chi connectivity index (χ4n) is 1.14. The van der Waals surface area contributed by atoms with Gasteiger partial charge in [0.05, 0.1) is 27.4 Å². The van der Waals surface area contributed by atoms with Gasteiger partial charge in [-0.05, 0) is 39.0 Å². The van der Waals surface area contributed by atoms with Gasteiger partial charge in [-0.3, -0.25) is 0 Å². The molecule has 1 rings (SSSR count). The minimum Gasteiger partial charge on any atom is -0.242 e. The van der Waals surface area contributed by atoms with Gasteiger partial charge in [0.1, 0.15) is 5.82 Å². The minimum atomic E-state index is -1.75. The maximum absolute atomic E-state index is 13.4. The quantitative estimate of drug-likeness (QED) is 0.932. The van der Waals surface area contributed by atoms with Crippen LogP contribution in [-0.4, -0.2) is 15.9 Å². The Hall–Kier alpha value is -1.39. The molecule has 1 N–H and O–H groups in total. The number of nitrogens with one attached hydrogen (secondary N) is 1. The van der Waals surface area contributed by atoms with E-state index in [4.69, 9.17) is 5.26 Å². The van der Waals surface area contributed by atoms with Gasteiger partial charge in [-0.2, -0.15) is 5.26 Å². The van der Waals surface area contributed by atoms with Gasteiger partial charge in [-0.15, -0.1) is 0 Å². The van der Waals surface area contributed by atoms with E-state index in [2.05, 4.69) is 4.72 Å². The van der Waals surface area contributed by atoms with Crippen molar-refractivity contribution in [3.8, 4) is 6.07 Å². The van der Waals surface area contributed by atoms with Crippen molar-refractivity contribution in [1.82, 2.24) is 4.72 Å². The molecule has 0 aliphatic carbocycles. The molecule has 0 radical (unpaired) electrons. The van der Waals surface area contributed by atoms with Crippen LogP contribution in [0.3, 0.4) is 0 Å². The van der Waals surface area contributed by atoms with E-state index in [1.807, 2.05) is 26.8 Å². The number of rotatable bonds is 3. The van der Waals surface area contributed by atoms with E-state index in [1.165, 1.54) is 18.2 Å². The van der Waals surface area contributed by atoms with Gasteiger partial charge in [0, 0.05) is 12.1 Å². The number of alkyl halides is 2. The summed E-state index contributed by atoms with van der Waals surface area (Å²) in [6.45, 7) is 3.89. The summed E-state index contributed by atoms with van der Waals surface area (Å²) in [5, 5.41) is 8.71. The predicted molar refractivity (Wildman–Crippen MR) is 72.9 cm³/mol. The fraction of sp³-hybridized carbons (Fsp3) is 0.462. The molecule has 1 aromatic rings. The van der Waals surface area contributed by atoms with Crippen molar-refractivity contribution in [2.24, 2.45) is 0 Å². The van der Waals surface area contributed by atoms with Gasteiger partial charge in [-0.1, -0.05) is 0 Å². The van der Waals surface area contributed by atoms with Gasteiger partial charge in [-0.25, -0.2) is 22.1 Å². The standard InChI is InChI=1S/C12H15FN2OS.CH2F2/c1-12(2,3)17(16)15-8-10-6-9(7-14)4-5-11(10)13;2-1-3/h4-6,15H,8H2,1-3H3;1H2. The third-order valence-electron chi connectivity index (χ3n) is 2.12. The molecular formula is C13H17F3N2OS. The number of benzene rings is 1. The highest BCUT2D eigenvalue weighted by atomic mass is 32.2. The van der Waals surface area contributed by atoms with E-state index < -0.39 is 28.5 Å². The first kappa shape index (κ1) is 18.6. The van der Waals surface area contributed by atoms with E-state index in [0.717, 1.165) is 0 Å². The zero-order valence-corrected chi connectivity index (χ0v) is 12.4. The number of nitrogens with zero attached hydrogens (tertiary/aromatic N) is 1. The first-order valence-electron chi connectivity index (χ1n) is 5.72. The van der Waals surface area contributed by atoms with Crippen LogP contribution in [-0.2, 0) is 17.5 Å². The van der Waals surface area contributed by atoms with Crippen molar-refractivity contribution in [2.75, 3.05) is 6.93 Å². The first-order valence-corrected chi connectivity index (χ1v) is 6.87. The topological polar surface area (TPSA) is 52.9 Å². The van der Waals surface area contributed by atoms with Gasteiger partial charge in [0.15, 0.2) is 0 Å². The molecule has 1 unspecified atom stereocenters. The highest BCUT2D eigenvalue weighted by Gasteiger charge is 2.19. The second-order valence-electron chi connectivity index (χ2n) is 4.72. The summed E-state index contributed by atoms with van der Waals surface area (Å²) in [5.41, 5.74) is 0.742. The van der Waals surface area contributed by atoms with Crippen LogP contribution in [0, 0.1) is 17.1 Å². The SMILES string of the molecule is CC(C)(C)S(=O)NCc1cc(C#N)ccc1F.FCF. The van der Waals surface area contributed by atoms with Gasteiger partial charge in [0.2, 0.25) is 6.93 Å². The van der Waals surface area contributed by atoms with Crippen LogP contribution in [0.25, 0.3) is 0 Å². The molecule has 3 nitrogen and oxygen atoms in total. The summed E-state index contributed by atoms with van der Waals surface area (Å²) >= 11 is 0. The van der Waals surface area contributed by atoms with E-state index in [0.29, 0.717) is 11.1 Å². The third kappa shape index (κ3) is 6.68. The normalized spacial score (nSPS) is 12.1. The maximum Gasteiger partial charge on any atom is 0.229 e. The molecule has 0 fully saturated rings. The summed E-state index contributed by atoms with van der Waals surface area (Å²) in [6, 6.07) is 6.06. The van der Waals surface area contributed by atoms with Crippen LogP contribution in [0.4, 0.5) is 13.2 Å². The molecule has 20 heavy (non-hydrogen) atoms. The van der Waals surface area contributed by atoms with Crippen LogP contribution >= 0.6 is 0 Å². The molecule has 0 aromatic heterocycles. The second kappa shape index (κ2) is 8.72. The van der Waals surface area contributed by atoms with Crippen LogP contribution in [0.5, 0.6) is 0 Å². The molecule has 0 heterocycles. The number of hydrogen-bond acceptors (Lipinski definition) is 2. The van der Waals surface area contributed by atoms with Crippen LogP contribution in [0.1, 0.15) is 31.9 Å². The molecular weight excluding hydrogens is 289 g/mol. The third-order valence-corrected chi connectivity index (χ3v) is 3.64. The highest BCUT2D eigenvalue weighted by molar-refractivity contribution is 7.84. The zero-order chi connectivity index (χ0) is 15.8. The number of nitriles is 1. The molecule has 0 spiro atoms. The van der Waals surface area contributed by atoms with E-state index in [9.17, 15) is 17.4 Å². The molecule has 1 atom stereocenters. The van der Waals surface area contributed by atoms with Crippen molar-refractivity contribution in [3.05, 3.63) is 35.1 Å². The van der Waals surface area contributed by atoms with Gasteiger partial charge < -0.3 is 0 Å². The van der Waals surface area contributed by atoms with Gasteiger partial charge in [0.25, 0.3) is 0 Å². The lowest BCUT2D eigenvalue weighted by molar-refractivity contribution is 0.295. The lowest BCUT2D eigenvalue weighted by Crippen LogP contribution is -2.33. The molecule has 7 heteroatoms. The maximum atomic E-state index is 13.4. The molecule has 0 saturated carbocycles. The summed E-state index contributed by atoms with van der Waals surface area (Å²) < 4.78 is 46.7. The summed E-state index contributed by atoms with van der Waals surface area (Å²) in [5.74, 6) is -0.401. The minimum absolute atomic E-state index is 0.144. The lowest BCUT2D eigenvalue weighted by atomic mass is 10.1. The molecule has 1 aromatic carbocycles. The number of hydrogen-bond donors (Lipinski definition) is 1. The lowest BCUT2D eigenvalue weighted by Gasteiger charge is -2.18. The average molecular weight is 306 g/mol. The van der Waals surface area contributed by atoms with Crippen molar-refractivity contribution < 1.29 is 17.4 Å². The average Bonchev–Trinajstić information content (AvgIpc) is 2.37. The Bertz CT molecular complexity index is 495. The highest BCUT2D eigenvalue weighted by Crippen LogP contribution is 2.13. The Morgan fingerprint density at radius 3 is 2.35 bits per heavy atom. The van der Waals surface area contributed by atoms with E-state index in [1.54, 1.807) is 0 Å². The Labute approximate surface area is 119 Å². The monoisotopic (exact) mass is 306 g/mol. The Balaban J connectivity index is 0.00000110. The summed E-state index contributed by atoms with van der Waals surface area (Å²) in [6.07, 6.45) is 0. The smallest absolute Gasteiger partial charge is 0.229 e. The predicted octanol–water partition coefficient (Wildman–Crippen LogP) is 3.13. The van der Waals surface area contributed by atoms with Crippen molar-refractivity contribution in [3.63, 3.8) is 0 Å². The van der Waals surface area contributed by atoms with E-state index in [-0.39, 0.29) is 6.54 Å². The van der Waals surface area contributed by atoms with Crippen LogP contribution in [0.15, 0.2) is 18.2 Å². The first-order chi connectivity index (χ1) is 9.26. The van der Waals surface area contributed by atoms with Crippen molar-refractivity contribution >= 4 is 11.0 Å². The van der Waals surface area contributed by atoms with E-state index >= 15 is 0 Å². The zero-order valence-electron chi connectivity index (χ0n) is 11.5. The largest absolute Gasteiger partial charge is 0.242 e. The van der Waals surface area contributed by atoms with Gasteiger partial charge >= 0.3 is 0 Å². The molecule has 0 bridgehead atoms. The molecule has 0 aliphatic rings. The van der Waals surface area contributed by atoms with Crippen molar-refractivity contribution in [1.29, 1.82) is 5.26 Å². The molecule has 0 amide bonds. The second-order valence-corrected chi connectivity index (χ2v) is 6.77.